The molecule has 4 aromatic heterocycles. The second-order valence-corrected chi connectivity index (χ2v) is 49.4. The van der Waals surface area contributed by atoms with Gasteiger partial charge in [-0.05, 0) is 157 Å². The van der Waals surface area contributed by atoms with Gasteiger partial charge in [-0.3, -0.25) is 52.4 Å². The Kier molecular flexibility index (Phi) is 41.3. The van der Waals surface area contributed by atoms with E-state index < -0.39 is 159 Å². The Labute approximate surface area is 660 Å². The molecular formula is C76H135N11O19P4S. The first-order valence-corrected chi connectivity index (χ1v) is 48.6. The lowest BCUT2D eigenvalue weighted by atomic mass is 10.0. The quantitative estimate of drug-likeness (QED) is 0.0157. The zero-order valence-corrected chi connectivity index (χ0v) is 70.4. The molecule has 634 valence electrons. The molecule has 111 heavy (non-hydrogen) atoms. The molecule has 35 heteroatoms. The number of nitrogens with zero attached hydrogens (tertiary/aromatic N) is 5. The third-order valence-corrected chi connectivity index (χ3v) is 24.5. The highest BCUT2D eigenvalue weighted by Crippen LogP contribution is 2.43. The Hall–Kier alpha value is -5.04. The second kappa shape index (κ2) is 44.9. The average Bonchev–Trinajstić information content (AvgIpc) is 1.68. The summed E-state index contributed by atoms with van der Waals surface area (Å²) < 4.78 is 35.3. The fourth-order valence-electron chi connectivity index (χ4n) is 12.0. The van der Waals surface area contributed by atoms with E-state index in [0.29, 0.717) is 75.1 Å². The van der Waals surface area contributed by atoms with Crippen molar-refractivity contribution < 1.29 is 59.4 Å². The first kappa shape index (κ1) is 102. The Morgan fingerprint density at radius 3 is 1.15 bits per heavy atom. The number of allylic oxidation sites excluding steroid dienone is 3. The van der Waals surface area contributed by atoms with Gasteiger partial charge in [-0.25, -0.2) is 14.4 Å². The molecule has 0 radical (unpaired) electrons. The van der Waals surface area contributed by atoms with Gasteiger partial charge in [0.2, 0.25) is 0 Å². The molecule has 30 nitrogen and oxygen atoms in total. The van der Waals surface area contributed by atoms with Crippen molar-refractivity contribution in [3.8, 4) is 0 Å². The largest absolute Gasteiger partial charge is 0.388 e. The number of hydrogen-bond acceptors (Lipinski definition) is 23. The summed E-state index contributed by atoms with van der Waals surface area (Å²) in [5, 5.41) is 82.2. The first-order valence-electron chi connectivity index (χ1n) is 36.0. The van der Waals surface area contributed by atoms with Crippen molar-refractivity contribution in [3.05, 3.63) is 160 Å². The summed E-state index contributed by atoms with van der Waals surface area (Å²) in [5.74, 6) is 0. The van der Waals surface area contributed by atoms with Crippen molar-refractivity contribution in [2.75, 3.05) is 105 Å². The number of methoxy groups -OCH3 is 1. The van der Waals surface area contributed by atoms with Gasteiger partial charge in [0.1, 0.15) is 54.9 Å². The molecular weight excluding hydrogens is 1530 g/mol. The maximum atomic E-state index is 12.4. The van der Waals surface area contributed by atoms with Gasteiger partial charge in [0, 0.05) is 102 Å². The van der Waals surface area contributed by atoms with E-state index in [1.165, 1.54) is 64.6 Å². The Morgan fingerprint density at radius 2 is 0.793 bits per heavy atom. The molecule has 8 rings (SSSR count). The average molecular weight is 1660 g/mol. The number of aromatic nitrogens is 8. The van der Waals surface area contributed by atoms with Crippen molar-refractivity contribution in [1.29, 1.82) is 0 Å². The van der Waals surface area contributed by atoms with E-state index >= 15 is 0 Å². The molecule has 4 aliphatic heterocycles. The molecule has 4 unspecified atom stereocenters. The monoisotopic (exact) mass is 1660 g/mol. The zero-order valence-electron chi connectivity index (χ0n) is 66.0. The summed E-state index contributed by atoms with van der Waals surface area (Å²) in [5.41, 5.74) is 1.48. The summed E-state index contributed by atoms with van der Waals surface area (Å²) in [7, 11) is 4.37. The minimum Gasteiger partial charge on any atom is -0.388 e. The van der Waals surface area contributed by atoms with Crippen LogP contribution >= 0.6 is 39.8 Å². The third kappa shape index (κ3) is 30.8. The van der Waals surface area contributed by atoms with Crippen LogP contribution in [0.1, 0.15) is 137 Å². The van der Waals surface area contributed by atoms with Crippen molar-refractivity contribution in [2.24, 2.45) is 14.1 Å². The van der Waals surface area contributed by atoms with Crippen LogP contribution in [0.15, 0.2) is 93.3 Å². The molecule has 0 saturated carbocycles. The molecule has 4 saturated heterocycles. The van der Waals surface area contributed by atoms with Gasteiger partial charge in [0.25, 0.3) is 22.2 Å². The molecule has 0 aliphatic carbocycles. The minimum absolute atomic E-state index is 0. The Balaban J connectivity index is 0.000000499. The molecule has 16 atom stereocenters. The summed E-state index contributed by atoms with van der Waals surface area (Å²) in [6.07, 6.45) is 20.2. The summed E-state index contributed by atoms with van der Waals surface area (Å²) in [4.78, 5) is 92.4. The third-order valence-electron chi connectivity index (χ3n) is 18.3. The molecule has 0 spiro atoms. The van der Waals surface area contributed by atoms with Crippen LogP contribution < -0.4 is 55.3 Å². The van der Waals surface area contributed by atoms with E-state index in [-0.39, 0.29) is 44.7 Å². The van der Waals surface area contributed by atoms with E-state index in [9.17, 15) is 69.3 Å². The van der Waals surface area contributed by atoms with Crippen molar-refractivity contribution in [2.45, 2.75) is 207 Å². The maximum absolute atomic E-state index is 12.4. The van der Waals surface area contributed by atoms with Gasteiger partial charge in [0.15, 0.2) is 23.5 Å². The molecule has 13 N–H and O–H groups in total. The number of nitrogens with one attached hydrogen (secondary N) is 6. The Bertz CT molecular complexity index is 4340. The molecule has 4 aliphatic rings. The highest BCUT2D eigenvalue weighted by atomic mass is 32.1. The van der Waals surface area contributed by atoms with Gasteiger partial charge in [-0.1, -0.05) is 57.2 Å². The number of rotatable bonds is 29. The number of ether oxygens (including phenoxy) is 5. The first-order chi connectivity index (χ1) is 50.0. The van der Waals surface area contributed by atoms with Crippen LogP contribution in [-0.2, 0) is 57.4 Å². The van der Waals surface area contributed by atoms with E-state index in [4.69, 9.17) is 35.9 Å². The summed E-state index contributed by atoms with van der Waals surface area (Å²) >= 11 is 5.26. The summed E-state index contributed by atoms with van der Waals surface area (Å²) in [6.45, 7) is 26.5. The lowest BCUT2D eigenvalue weighted by Crippen LogP contribution is -2.40. The number of H-pyrrole nitrogens is 3. The predicted molar refractivity (Wildman–Crippen MR) is 463 cm³/mol. The van der Waals surface area contributed by atoms with E-state index in [1.54, 1.807) is 6.20 Å². The van der Waals surface area contributed by atoms with Gasteiger partial charge < -0.3 is 79.9 Å². The molecule has 4 fully saturated rings. The Morgan fingerprint density at radius 1 is 0.477 bits per heavy atom. The van der Waals surface area contributed by atoms with Crippen LogP contribution in [0, 0.1) is 4.77 Å². The fraction of sp³-hybridized carbons (Fsp3) is 0.658. The molecule has 0 amide bonds. The van der Waals surface area contributed by atoms with Crippen LogP contribution in [-0.4, -0.2) is 277 Å². The maximum Gasteiger partial charge on any atom is 0.330 e. The standard InChI is InChI=1S/C20H34N3O5P.C19H32N3O5P.C19H32N3O4PS.C15H25N2O5P.3CH4/c1-13(2)7-9-21-11-14-12-23(20(26)22-18(14)25)19-17(27-3)16(24)15(28-19)8-10-29(4,5)6;1-12(2)6-8-20-10-13-11-22(19(26)21-17(13)25)18-16(24)15(23)14(27-18)7-9-28(3,4)5;1-12(2)6-8-20-10-13-11-22(19(28)21-17(13)25)18-16(24)15(23)14(26-18)7-9-27(3,4)5;1-16-8-9(14(20)17(2)15(16)21)13-12(19)11(18)10(22-13)6-7-23(3,4)5;;;/h7,12,15-17,19,21,24H,4,8-11H2,1-3,5-6H3,(H,22,25,26);6,11,14-16,18,20,23-24H,3,7-10H2,1-2,4-5H3,(H,21,25,26);6,11,14-16,18,20,23-24H,3,7-10H2,1-2,4-5H3,(H,21,25,28);8,10-13,18-19H,3,6-7H2,1-2,4-5H3;3*1H4/t15-,16-,17-,19?;2*14-,15-,16-,18?;10-,11-,12-,13?;;;/m1111.../s1. The molecule has 0 bridgehead atoms. The second-order valence-electron chi connectivity index (χ2n) is 31.8. The SMILES string of the molecule is C.C.C.C=P(C)(C)CC[C@H]1OC(c2cn(C)c(=O)n(C)c2=O)[C@H](O)[C@@H]1O.C=P(C)(C)CC[C@H]1OC(n2cc(CNCC=C(C)C)c(=O)[nH]c2=O)[C@H](O)[C@@H]1O.C=P(C)(C)CC[C@H]1OC(n2cc(CNCC=C(C)C)c(=O)[nH]c2=O)[C@H](OC)[C@@H]1O.C=P(C)(C)CC[C@H]1OC(n2cc(CNCC=C(C)C)c(=O)[nH]c2=S)[C@H](O)[C@@H]1O. The van der Waals surface area contributed by atoms with Crippen LogP contribution in [0.5, 0.6) is 0 Å². The van der Waals surface area contributed by atoms with Crippen LogP contribution in [0.25, 0.3) is 0 Å². The molecule has 0 aromatic carbocycles. The number of aliphatic hydroxyl groups excluding tert-OH is 7. The van der Waals surface area contributed by atoms with Crippen LogP contribution in [0.3, 0.4) is 0 Å². The summed E-state index contributed by atoms with van der Waals surface area (Å²) in [6, 6.07) is 0. The normalized spacial score (nSPS) is 24.9. The van der Waals surface area contributed by atoms with E-state index in [0.717, 1.165) is 39.4 Å². The van der Waals surface area contributed by atoms with Gasteiger partial charge in [-0.2, -0.15) is 0 Å². The van der Waals surface area contributed by atoms with Gasteiger partial charge in [0.05, 0.1) is 30.0 Å². The van der Waals surface area contributed by atoms with Crippen molar-refractivity contribution in [3.63, 3.8) is 0 Å². The van der Waals surface area contributed by atoms with Crippen LogP contribution in [0.4, 0.5) is 0 Å². The number of hydrogen-bond donors (Lipinski definition) is 13. The number of aliphatic hydroxyl groups is 7. The zero-order chi connectivity index (χ0) is 81.4. The topological polar surface area (TPSA) is 415 Å². The number of aromatic amines is 3. The lowest BCUT2D eigenvalue weighted by Gasteiger charge is -2.21. The van der Waals surface area contributed by atoms with Crippen molar-refractivity contribution in [1.82, 2.24) is 53.7 Å². The molecule has 8 heterocycles. The fourth-order valence-corrected chi connectivity index (χ4v) is 16.1. The lowest BCUT2D eigenvalue weighted by molar-refractivity contribution is -0.0542. The van der Waals surface area contributed by atoms with Crippen LogP contribution in [0.2, 0.25) is 0 Å². The van der Waals surface area contributed by atoms with Crippen molar-refractivity contribution >= 4 is 65.0 Å². The number of aryl methyl sites for hydroxylation is 1. The van der Waals surface area contributed by atoms with E-state index in [2.05, 4.69) is 109 Å². The highest BCUT2D eigenvalue weighted by Gasteiger charge is 2.48. The smallest absolute Gasteiger partial charge is 0.330 e. The highest BCUT2D eigenvalue weighted by molar-refractivity contribution is 7.73. The molecule has 4 aromatic rings. The minimum atomic E-state index is -1.30. The van der Waals surface area contributed by atoms with E-state index in [1.807, 2.05) is 59.8 Å². The van der Waals surface area contributed by atoms with Gasteiger partial charge in [-0.15, -0.1) is 52.7 Å². The van der Waals surface area contributed by atoms with Gasteiger partial charge >= 0.3 is 17.1 Å². The predicted octanol–water partition coefficient (Wildman–Crippen LogP) is 4.21.